The van der Waals surface area contributed by atoms with Crippen molar-refractivity contribution < 1.29 is 20.0 Å². The third-order valence-corrected chi connectivity index (χ3v) is 43.2. The van der Waals surface area contributed by atoms with Crippen LogP contribution in [-0.2, 0) is 0 Å². The fourth-order valence-electron chi connectivity index (χ4n) is 32.7. The highest BCUT2D eigenvalue weighted by Crippen LogP contribution is 2.51. The molecule has 0 spiro atoms. The van der Waals surface area contributed by atoms with Crippen molar-refractivity contribution in [2.75, 3.05) is 0 Å². The first-order valence-corrected chi connectivity index (χ1v) is 69.0. The van der Waals surface area contributed by atoms with Gasteiger partial charge in [-0.05, 0) is 480 Å². The lowest BCUT2D eigenvalue weighted by Gasteiger charge is -2.37. The van der Waals surface area contributed by atoms with Crippen LogP contribution in [0.15, 0.2) is 85.1 Å². The molecule has 14 fully saturated rings. The van der Waals surface area contributed by atoms with Gasteiger partial charge in [0.1, 0.15) is 0 Å². The Morgan fingerprint density at radius 2 is 0.269 bits per heavy atom. The Bertz CT molecular complexity index is 3130. The van der Waals surface area contributed by atoms with Crippen LogP contribution in [0.2, 0.25) is 0 Å². The number of unbranched alkanes of at least 4 members (excludes halogenated alkanes) is 14. The zero-order chi connectivity index (χ0) is 103. The van der Waals surface area contributed by atoms with Crippen LogP contribution in [0.3, 0.4) is 0 Å². The molecule has 0 aromatic carbocycles. The van der Waals surface area contributed by atoms with Gasteiger partial charge in [-0.3, -0.25) is 0 Å². The third-order valence-electron chi connectivity index (χ3n) is 43.2. The second-order valence-corrected chi connectivity index (χ2v) is 53.9. The van der Waals surface area contributed by atoms with E-state index < -0.39 is 0 Å². The van der Waals surface area contributed by atoms with Gasteiger partial charge in [-0.2, -0.15) is 0 Å². The molecule has 0 nitrogen and oxygen atoms in total. The molecule has 0 saturated heterocycles. The lowest BCUT2D eigenvalue weighted by Crippen LogP contribution is -2.25. The molecular weight excluding hydrogens is 1740 g/mol. The minimum absolute atomic E-state index is 0. The molecule has 0 aromatic rings. The van der Waals surface area contributed by atoms with E-state index in [0.717, 1.165) is 166 Å². The molecule has 14 aliphatic carbocycles. The number of hydrogen-bond acceptors (Lipinski definition) is 0. The van der Waals surface area contributed by atoms with Crippen LogP contribution >= 0.6 is 0 Å². The molecule has 145 heavy (non-hydrogen) atoms. The van der Waals surface area contributed by atoms with E-state index in [1.54, 1.807) is 128 Å². The summed E-state index contributed by atoms with van der Waals surface area (Å²) in [4.78, 5) is 0. The van der Waals surface area contributed by atoms with Gasteiger partial charge in [0, 0.05) is 20.0 Å². The van der Waals surface area contributed by atoms with Gasteiger partial charge in [-0.15, -0.1) is 0 Å². The van der Waals surface area contributed by atoms with E-state index in [2.05, 4.69) is 182 Å². The molecule has 0 aliphatic heterocycles. The average Bonchev–Trinajstić information content (AvgIpc) is 0.878. The topological polar surface area (TPSA) is 0 Å². The zero-order valence-corrected chi connectivity index (χ0v) is 101. The summed E-state index contributed by atoms with van der Waals surface area (Å²) >= 11 is 0. The summed E-state index contributed by atoms with van der Waals surface area (Å²) in [6.45, 7) is 32.4. The van der Waals surface area contributed by atoms with Crippen LogP contribution in [-0.4, -0.2) is 0 Å². The van der Waals surface area contributed by atoms with Crippen molar-refractivity contribution in [3.63, 3.8) is 0 Å². The van der Waals surface area contributed by atoms with E-state index in [1.165, 1.54) is 443 Å². The first kappa shape index (κ1) is 128. The van der Waals surface area contributed by atoms with Gasteiger partial charge in [0.05, 0.1) is 0 Å². The van der Waals surface area contributed by atoms with E-state index in [-0.39, 0.29) is 20.0 Å². The van der Waals surface area contributed by atoms with Crippen molar-refractivity contribution in [1.82, 2.24) is 0 Å². The Morgan fingerprint density at radius 1 is 0.124 bits per heavy atom. The lowest BCUT2D eigenvalue weighted by atomic mass is 9.68. The Kier molecular flexibility index (Phi) is 73.1. The van der Waals surface area contributed by atoms with Gasteiger partial charge in [0.15, 0.2) is 0 Å². The molecule has 870 valence electrons. The molecule has 0 N–H and O–H groups in total. The Hall–Kier alpha value is -1.82. The van der Waals surface area contributed by atoms with Crippen molar-refractivity contribution >= 4 is 0 Å². The molecule has 0 bridgehead atoms. The molecule has 14 rings (SSSR count). The van der Waals surface area contributed by atoms with Crippen LogP contribution < -0.4 is 0 Å². The quantitative estimate of drug-likeness (QED) is 0.0421. The van der Waals surface area contributed by atoms with Gasteiger partial charge >= 0.3 is 0 Å². The van der Waals surface area contributed by atoms with Crippen molar-refractivity contribution in [2.45, 2.75) is 668 Å². The highest BCUT2D eigenvalue weighted by molar-refractivity contribution is 5.01. The molecule has 0 unspecified atom stereocenters. The van der Waals surface area contributed by atoms with Crippen LogP contribution in [0.1, 0.15) is 688 Å². The van der Waals surface area contributed by atoms with Crippen molar-refractivity contribution in [3.8, 4) is 0 Å². The van der Waals surface area contributed by atoms with E-state index >= 15 is 0 Å². The summed E-state index contributed by atoms with van der Waals surface area (Å²) in [5.74, 6) is 29.0. The maximum atomic E-state index is 2.55. The summed E-state index contributed by atoms with van der Waals surface area (Å²) in [5.41, 5.74) is 0. The van der Waals surface area contributed by atoms with E-state index in [0.29, 0.717) is 0 Å². The minimum atomic E-state index is 0. The first-order valence-electron chi connectivity index (χ1n) is 69.0. The fraction of sp³-hybridized carbons (Fsp3) is 0.903. The Balaban J connectivity index is -0.000000334. The zero-order valence-electron chi connectivity index (χ0n) is 101. The molecule has 14 aliphatic rings. The van der Waals surface area contributed by atoms with Crippen LogP contribution in [0.4, 0.5) is 0 Å². The van der Waals surface area contributed by atoms with E-state index in [9.17, 15) is 0 Å². The molecule has 0 heterocycles. The lowest BCUT2D eigenvalue weighted by molar-refractivity contribution is 0.151. The largest absolute Gasteiger partial charge is 0.0883 e. The number of hydrogen-bond donors (Lipinski definition) is 0. The fourth-order valence-corrected chi connectivity index (χ4v) is 32.7. The molecule has 0 aromatic heterocycles. The van der Waals surface area contributed by atoms with Gasteiger partial charge in [0.25, 0.3) is 0 Å². The summed E-state index contributed by atoms with van der Waals surface area (Å²) in [7, 11) is 0. The van der Waals surface area contributed by atoms with Gasteiger partial charge < -0.3 is 0 Å². The summed E-state index contributed by atoms with van der Waals surface area (Å²) < 4.78 is 0. The second kappa shape index (κ2) is 82.6. The molecule has 0 amide bonds. The highest BCUT2D eigenvalue weighted by atomic mass is 14.4. The van der Waals surface area contributed by atoms with Crippen molar-refractivity contribution in [3.05, 3.63) is 85.1 Å². The van der Waals surface area contributed by atoms with E-state index in [4.69, 9.17) is 0 Å². The normalized spacial score (nSPS) is 34.7. The van der Waals surface area contributed by atoms with Crippen molar-refractivity contribution in [2.24, 2.45) is 166 Å². The first-order chi connectivity index (χ1) is 71.3. The van der Waals surface area contributed by atoms with Gasteiger partial charge in [0.2, 0.25) is 0 Å². The molecule has 14 saturated carbocycles. The smallest absolute Gasteiger partial charge is 0 e. The van der Waals surface area contributed by atoms with Crippen LogP contribution in [0, 0.1) is 166 Å². The Morgan fingerprint density at radius 3 is 0.421 bits per heavy atom. The monoisotopic (exact) mass is 2030 g/mol. The predicted molar refractivity (Wildman–Crippen MR) is 682 cm³/mol. The summed E-state index contributed by atoms with van der Waals surface area (Å²) in [6.07, 6.45) is 165. The van der Waals surface area contributed by atoms with Gasteiger partial charge in [-0.1, -0.05) is 439 Å². The summed E-state index contributed by atoms with van der Waals surface area (Å²) in [6, 6.07) is 0. The van der Waals surface area contributed by atoms with Crippen LogP contribution in [0.25, 0.3) is 0 Å². The van der Waals surface area contributed by atoms with Crippen molar-refractivity contribution in [1.29, 1.82) is 0 Å². The SMILES string of the molecule is CCC/C=C/C1CCC(C2CCC(CC)CC2)CC1.CCC/C=C/C1CCC(C2CCC(CCC)CC2)CC1.CCC/C=C/C1CCC(C2CCC(CCCC)CC2)CC1.CCC/C=C/C1CCC(C2CCC(CCCCC)CC2)CC1.CCCC/C=C/C1CCC(C2CCC(CC)CC2)CC1.CCCC/C=C/C1CCC(C2CCC(CCC)CC2)CC1.CCCC/C=C/C1CCC(C2CCC(CCCC)CC2)CC1.[HH].[HH].[HH].[HH].[HH].[HH].[HH].[HH].[HH].[HH].[HH].[HH].[HH].[HH]. The standard InChI is InChI=1S/2C22H40.2C21H38.2C20H36.C19H34.14H2/c1-3-5-7-8-10-20-13-17-22(18-14-20)21-15-11-19(12-16-21)9-6-4-2;1-3-5-7-9-19-11-15-21(16-12-19)22-17-13-20(14-18-22)10-8-6-4-2;1-3-5-6-7-9-19-12-16-21(17-13-19)20-14-10-18(8-4-2)11-15-20;1-3-5-7-9-19-12-16-21(17-13-19)20-14-10-18(11-15-20)8-6-4-2;1-3-5-6-7-8-18-11-15-20(16-12-18)19-13-9-17(4-2)10-14-19;1-3-5-6-8-18-11-15-20(16-12-18)19-13-9-17(7-4-2)10-14-19;1-3-5-6-7-17-10-14-19(15-11-17)18-12-8-16(4-2)9-13-18;;;;;;;;;;;;;;/h8,10,19-22H,3-7,9,11-18H2,1-2H3;7,9,19-22H,3-6,8,10-18H2,1-2H3;2*7,9,18-21H,3-6,8,10-17H2,1-2H3;7-8,17-20H,3-6,9-16H2,1-2H3;6,8,17-20H,3-5,7,9-16H2,1-2H3;6-7,16-19H,3-5,8-15H2,1-2H3;14*1H/b10-8+;3*9-7+;8-7+;8-6+;7-6+;;;;;;;;;;;;;;. The highest BCUT2D eigenvalue weighted by Gasteiger charge is 2.38. The summed E-state index contributed by atoms with van der Waals surface area (Å²) in [5, 5.41) is 0. The molecular formula is C145H290. The third kappa shape index (κ3) is 54.1. The van der Waals surface area contributed by atoms with Gasteiger partial charge in [-0.25, -0.2) is 0 Å². The second-order valence-electron chi connectivity index (χ2n) is 53.9. The molecule has 0 heteroatoms. The maximum Gasteiger partial charge on any atom is 0 e. The average molecular weight is 2030 g/mol. The molecule has 0 radical (unpaired) electrons. The Labute approximate surface area is 933 Å². The minimum Gasteiger partial charge on any atom is -0.0883 e. The number of allylic oxidation sites excluding steroid dienone is 14. The van der Waals surface area contributed by atoms with Crippen LogP contribution in [0.5, 0.6) is 0 Å². The van der Waals surface area contributed by atoms with E-state index in [1.807, 2.05) is 0 Å². The maximum absolute atomic E-state index is 2.55. The predicted octanol–water partition coefficient (Wildman–Crippen LogP) is 52.7. The number of rotatable bonds is 47. The molecule has 0 atom stereocenters.